The second-order valence-electron chi connectivity index (χ2n) is 2.96. The van der Waals surface area contributed by atoms with E-state index in [4.69, 9.17) is 10.2 Å². The van der Waals surface area contributed by atoms with Crippen molar-refractivity contribution >= 4 is 0 Å². The van der Waals surface area contributed by atoms with Crippen LogP contribution in [0.2, 0.25) is 0 Å². The molecule has 78 valence electrons. The summed E-state index contributed by atoms with van der Waals surface area (Å²) in [5.74, 6) is 0.315. The molecule has 3 N–H and O–H groups in total. The maximum atomic E-state index is 11.3. The van der Waals surface area contributed by atoms with Gasteiger partial charge >= 0.3 is 0 Å². The van der Waals surface area contributed by atoms with E-state index in [2.05, 4.69) is 10.1 Å². The summed E-state index contributed by atoms with van der Waals surface area (Å²) in [7, 11) is 0. The molecule has 0 unspecified atom stereocenters. The van der Waals surface area contributed by atoms with Gasteiger partial charge in [-0.25, -0.2) is 9.67 Å². The lowest BCUT2D eigenvalue weighted by molar-refractivity contribution is -0.0425. The van der Waals surface area contributed by atoms with Crippen LogP contribution in [0.25, 0.3) is 5.82 Å². The molecule has 0 saturated heterocycles. The topological polar surface area (TPSA) is 91.1 Å². The number of aromatic nitrogens is 3. The highest BCUT2D eigenvalue weighted by Gasteiger charge is 2.06. The van der Waals surface area contributed by atoms with Crippen molar-refractivity contribution in [3.8, 4) is 5.82 Å². The van der Waals surface area contributed by atoms with Gasteiger partial charge in [-0.3, -0.25) is 9.89 Å². The largest absolute Gasteiger partial charge is 0.364 e. The van der Waals surface area contributed by atoms with Gasteiger partial charge in [-0.05, 0) is 12.1 Å². The molecule has 0 amide bonds. The summed E-state index contributed by atoms with van der Waals surface area (Å²) in [5, 5.41) is 20.6. The molecule has 0 bridgehead atoms. The molecule has 0 radical (unpaired) electrons. The second-order valence-corrected chi connectivity index (χ2v) is 2.96. The van der Waals surface area contributed by atoms with E-state index in [1.807, 2.05) is 0 Å². The highest BCUT2D eigenvalue weighted by molar-refractivity contribution is 5.27. The van der Waals surface area contributed by atoms with Crippen molar-refractivity contribution in [2.24, 2.45) is 0 Å². The van der Waals surface area contributed by atoms with Crippen molar-refractivity contribution < 1.29 is 10.2 Å². The van der Waals surface area contributed by atoms with Crippen molar-refractivity contribution in [2.45, 2.75) is 6.29 Å². The molecule has 2 aromatic heterocycles. The third-order valence-corrected chi connectivity index (χ3v) is 1.95. The Kier molecular flexibility index (Phi) is 2.36. The first kappa shape index (κ1) is 9.63. The lowest BCUT2D eigenvalue weighted by Crippen LogP contribution is -2.15. The highest BCUT2D eigenvalue weighted by atomic mass is 16.5. The van der Waals surface area contributed by atoms with E-state index in [1.165, 1.54) is 35.3 Å². The smallest absolute Gasteiger partial charge is 0.272 e. The Morgan fingerprint density at radius 3 is 2.80 bits per heavy atom. The molecule has 0 aliphatic heterocycles. The molecule has 0 fully saturated rings. The molecule has 2 rings (SSSR count). The molecule has 6 nitrogen and oxygen atoms in total. The minimum atomic E-state index is -1.57. The third kappa shape index (κ3) is 1.80. The van der Waals surface area contributed by atoms with Crippen LogP contribution < -0.4 is 5.56 Å². The monoisotopic (exact) mass is 207 g/mol. The number of aromatic amines is 1. The van der Waals surface area contributed by atoms with Gasteiger partial charge in [0.1, 0.15) is 0 Å². The minimum Gasteiger partial charge on any atom is -0.364 e. The number of aliphatic hydroxyl groups excluding tert-OH is 1. The van der Waals surface area contributed by atoms with Crippen molar-refractivity contribution in [1.82, 2.24) is 14.8 Å². The van der Waals surface area contributed by atoms with Gasteiger partial charge in [0.25, 0.3) is 5.56 Å². The lowest BCUT2D eigenvalue weighted by atomic mass is 10.2. The van der Waals surface area contributed by atoms with Crippen molar-refractivity contribution in [3.63, 3.8) is 0 Å². The lowest BCUT2D eigenvalue weighted by Gasteiger charge is -2.05. The third-order valence-electron chi connectivity index (χ3n) is 1.95. The van der Waals surface area contributed by atoms with E-state index < -0.39 is 6.29 Å². The number of pyridine rings is 1. The minimum absolute atomic E-state index is 0.257. The Labute approximate surface area is 84.4 Å². The first-order valence-electron chi connectivity index (χ1n) is 4.27. The predicted molar refractivity (Wildman–Crippen MR) is 51.4 cm³/mol. The van der Waals surface area contributed by atoms with E-state index in [0.717, 1.165) is 0 Å². The van der Waals surface area contributed by atoms with Crippen LogP contribution in [0.1, 0.15) is 11.9 Å². The Hall–Kier alpha value is -1.92. The van der Waals surface area contributed by atoms with Gasteiger partial charge in [0, 0.05) is 24.0 Å². The van der Waals surface area contributed by atoms with E-state index in [-0.39, 0.29) is 11.1 Å². The van der Waals surface area contributed by atoms with Crippen LogP contribution in [-0.2, 0) is 0 Å². The Morgan fingerprint density at radius 1 is 1.40 bits per heavy atom. The molecular weight excluding hydrogens is 198 g/mol. The van der Waals surface area contributed by atoms with E-state index in [0.29, 0.717) is 5.82 Å². The standard InChI is InChI=1S/C9H9N3O3/c13-8-2-4-11-12(8)7-5-6(9(14)15)1-3-10-7/h1-5,9,11,14-15H. The second kappa shape index (κ2) is 3.68. The molecule has 2 heterocycles. The van der Waals surface area contributed by atoms with Gasteiger partial charge in [-0.2, -0.15) is 0 Å². The van der Waals surface area contributed by atoms with Crippen LogP contribution >= 0.6 is 0 Å². The first-order valence-corrected chi connectivity index (χ1v) is 4.27. The van der Waals surface area contributed by atoms with Gasteiger partial charge in [0.05, 0.1) is 0 Å². The first-order chi connectivity index (χ1) is 7.18. The summed E-state index contributed by atoms with van der Waals surface area (Å²) in [6.07, 6.45) is 1.31. The average Bonchev–Trinajstić information content (AvgIpc) is 2.64. The predicted octanol–water partition coefficient (Wildman–Crippen LogP) is -0.456. The summed E-state index contributed by atoms with van der Waals surface area (Å²) in [6.45, 7) is 0. The molecule has 2 aromatic rings. The highest BCUT2D eigenvalue weighted by Crippen LogP contribution is 2.10. The molecule has 0 aliphatic carbocycles. The molecule has 0 aliphatic rings. The summed E-state index contributed by atoms with van der Waals surface area (Å²) in [6, 6.07) is 4.23. The van der Waals surface area contributed by atoms with Gasteiger partial charge in [-0.15, -0.1) is 0 Å². The zero-order chi connectivity index (χ0) is 10.8. The number of aliphatic hydroxyl groups is 2. The van der Waals surface area contributed by atoms with Crippen LogP contribution in [0.3, 0.4) is 0 Å². The van der Waals surface area contributed by atoms with Gasteiger partial charge in [0.2, 0.25) is 0 Å². The molecule has 0 aromatic carbocycles. The van der Waals surface area contributed by atoms with Crippen LogP contribution in [0, 0.1) is 0 Å². The van der Waals surface area contributed by atoms with E-state index >= 15 is 0 Å². The average molecular weight is 207 g/mol. The SMILES string of the molecule is O=c1cc[nH]n1-c1cc(C(O)O)ccn1. The summed E-state index contributed by atoms with van der Waals surface area (Å²) >= 11 is 0. The van der Waals surface area contributed by atoms with Crippen molar-refractivity contribution in [2.75, 3.05) is 0 Å². The number of hydrogen-bond acceptors (Lipinski definition) is 4. The van der Waals surface area contributed by atoms with Crippen molar-refractivity contribution in [3.05, 3.63) is 46.5 Å². The molecule has 15 heavy (non-hydrogen) atoms. The Morgan fingerprint density at radius 2 is 2.20 bits per heavy atom. The molecular formula is C9H9N3O3. The van der Waals surface area contributed by atoms with E-state index in [9.17, 15) is 4.79 Å². The summed E-state index contributed by atoms with van der Waals surface area (Å²) in [4.78, 5) is 15.2. The Bertz CT molecular complexity index is 515. The van der Waals surface area contributed by atoms with Gasteiger partial charge in [0.15, 0.2) is 12.1 Å². The quantitative estimate of drug-likeness (QED) is 0.581. The number of nitrogens with one attached hydrogen (secondary N) is 1. The van der Waals surface area contributed by atoms with Gasteiger partial charge in [-0.1, -0.05) is 0 Å². The molecule has 0 atom stereocenters. The van der Waals surface area contributed by atoms with Crippen LogP contribution in [-0.4, -0.2) is 25.0 Å². The zero-order valence-electron chi connectivity index (χ0n) is 7.66. The number of hydrogen-bond donors (Lipinski definition) is 3. The number of nitrogens with zero attached hydrogens (tertiary/aromatic N) is 2. The molecule has 0 spiro atoms. The maximum absolute atomic E-state index is 11.3. The fourth-order valence-corrected chi connectivity index (χ4v) is 1.22. The van der Waals surface area contributed by atoms with Crippen molar-refractivity contribution in [1.29, 1.82) is 0 Å². The van der Waals surface area contributed by atoms with Gasteiger partial charge < -0.3 is 10.2 Å². The number of rotatable bonds is 2. The summed E-state index contributed by atoms with van der Waals surface area (Å²) < 4.78 is 1.20. The van der Waals surface area contributed by atoms with Crippen LogP contribution in [0.4, 0.5) is 0 Å². The maximum Gasteiger partial charge on any atom is 0.272 e. The molecule has 6 heteroatoms. The molecule has 0 saturated carbocycles. The fourth-order valence-electron chi connectivity index (χ4n) is 1.22. The Balaban J connectivity index is 2.50. The van der Waals surface area contributed by atoms with Crippen LogP contribution in [0.5, 0.6) is 0 Å². The summed E-state index contributed by atoms with van der Waals surface area (Å²) in [5.41, 5.74) is 0.0218. The fraction of sp³-hybridized carbons (Fsp3) is 0.111. The van der Waals surface area contributed by atoms with E-state index in [1.54, 1.807) is 0 Å². The van der Waals surface area contributed by atoms with Crippen LogP contribution in [0.15, 0.2) is 35.4 Å². The number of H-pyrrole nitrogens is 1. The zero-order valence-corrected chi connectivity index (χ0v) is 7.66. The normalized spacial score (nSPS) is 10.9.